The molecule has 3 aromatic rings. The van der Waals surface area contributed by atoms with Crippen molar-refractivity contribution in [3.05, 3.63) is 87.4 Å². The summed E-state index contributed by atoms with van der Waals surface area (Å²) < 4.78 is 6.55. The Morgan fingerprint density at radius 2 is 1.72 bits per heavy atom. The highest BCUT2D eigenvalue weighted by Crippen LogP contribution is 2.51. The molecule has 1 N–H and O–H groups in total. The van der Waals surface area contributed by atoms with Crippen molar-refractivity contribution in [2.75, 3.05) is 5.32 Å². The Morgan fingerprint density at radius 3 is 2.52 bits per heavy atom. The molecule has 0 saturated heterocycles. The predicted molar refractivity (Wildman–Crippen MR) is 122 cm³/mol. The van der Waals surface area contributed by atoms with Crippen molar-refractivity contribution >= 4 is 34.5 Å². The van der Waals surface area contributed by atoms with Gasteiger partial charge in [-0.2, -0.15) is 0 Å². The molecule has 2 nitrogen and oxygen atoms in total. The van der Waals surface area contributed by atoms with Gasteiger partial charge in [0.05, 0.1) is 5.54 Å². The number of ether oxygens (including phenoxy) is 1. The van der Waals surface area contributed by atoms with E-state index in [2.05, 4.69) is 50.4 Å². The van der Waals surface area contributed by atoms with Gasteiger partial charge in [0.2, 0.25) is 0 Å². The summed E-state index contributed by atoms with van der Waals surface area (Å²) in [5, 5.41) is 5.05. The number of allylic oxidation sites excluding steroid dienone is 1. The van der Waals surface area contributed by atoms with Crippen LogP contribution in [0.2, 0.25) is 10.0 Å². The van der Waals surface area contributed by atoms with Crippen LogP contribution in [0.3, 0.4) is 0 Å². The summed E-state index contributed by atoms with van der Waals surface area (Å²) in [5.74, 6) is 0.831. The van der Waals surface area contributed by atoms with Crippen molar-refractivity contribution in [2.45, 2.75) is 32.4 Å². The van der Waals surface area contributed by atoms with Gasteiger partial charge in [-0.1, -0.05) is 47.5 Å². The summed E-state index contributed by atoms with van der Waals surface area (Å²) in [7, 11) is 0. The van der Waals surface area contributed by atoms with Gasteiger partial charge in [-0.15, -0.1) is 0 Å². The number of hydrogen-bond donors (Lipinski definition) is 1. The molecule has 0 unspecified atom stereocenters. The molecule has 5 rings (SSSR count). The van der Waals surface area contributed by atoms with E-state index in [1.54, 1.807) is 0 Å². The van der Waals surface area contributed by atoms with Crippen molar-refractivity contribution < 1.29 is 4.74 Å². The van der Waals surface area contributed by atoms with Crippen molar-refractivity contribution in [2.24, 2.45) is 0 Å². The lowest BCUT2D eigenvalue weighted by Crippen LogP contribution is -2.32. The Kier molecular flexibility index (Phi) is 4.20. The van der Waals surface area contributed by atoms with Crippen LogP contribution in [0.15, 0.2) is 60.7 Å². The molecule has 0 amide bonds. The summed E-state index contributed by atoms with van der Waals surface area (Å²) in [4.78, 5) is 0. The molecule has 0 aromatic heterocycles. The number of fused-ring (bicyclic) bond motifs is 5. The maximum Gasteiger partial charge on any atom is 0.150 e. The number of benzene rings is 3. The molecule has 3 aromatic carbocycles. The van der Waals surface area contributed by atoms with Gasteiger partial charge in [-0.05, 0) is 73.9 Å². The first-order chi connectivity index (χ1) is 13.8. The molecule has 0 radical (unpaired) electrons. The Hall–Kier alpha value is -2.42. The van der Waals surface area contributed by atoms with Crippen LogP contribution in [0, 0.1) is 0 Å². The maximum absolute atomic E-state index is 6.55. The van der Waals surface area contributed by atoms with Gasteiger partial charge in [-0.25, -0.2) is 0 Å². The van der Waals surface area contributed by atoms with Crippen LogP contribution in [0.5, 0.6) is 5.75 Å². The number of halogens is 2. The molecule has 2 aliphatic rings. The van der Waals surface area contributed by atoms with E-state index in [9.17, 15) is 0 Å². The Balaban J connectivity index is 1.82. The lowest BCUT2D eigenvalue weighted by Gasteiger charge is -2.37. The van der Waals surface area contributed by atoms with Gasteiger partial charge in [0.15, 0.2) is 6.10 Å². The fourth-order valence-electron chi connectivity index (χ4n) is 4.56. The summed E-state index contributed by atoms with van der Waals surface area (Å²) in [5.41, 5.74) is 7.79. The first-order valence-electron chi connectivity index (χ1n) is 9.69. The van der Waals surface area contributed by atoms with E-state index < -0.39 is 0 Å². The monoisotopic (exact) mass is 421 g/mol. The zero-order valence-corrected chi connectivity index (χ0v) is 18.0. The van der Waals surface area contributed by atoms with Crippen LogP contribution in [0.4, 0.5) is 5.69 Å². The Bertz CT molecular complexity index is 1180. The molecule has 0 spiro atoms. The van der Waals surface area contributed by atoms with E-state index in [-0.39, 0.29) is 11.6 Å². The summed E-state index contributed by atoms with van der Waals surface area (Å²) in [6, 6.07) is 18.0. The number of nitrogens with one attached hydrogen (secondary N) is 1. The third-order valence-corrected chi connectivity index (χ3v) is 6.03. The molecule has 146 valence electrons. The highest BCUT2D eigenvalue weighted by molar-refractivity contribution is 6.31. The standard InChI is InChI=1S/C25H21Cl2NO/c1-14-13-25(2,3)28-20-9-8-18-19-12-17(27)7-10-21(19)29-24(23(18)22(14)20)15-5-4-6-16(26)11-15/h4-13,24,28H,1-3H3/t24-/m1/s1. The zero-order chi connectivity index (χ0) is 20.3. The normalized spacial score (nSPS) is 18.5. The molecule has 4 heteroatoms. The molecule has 2 heterocycles. The van der Waals surface area contributed by atoms with Crippen molar-refractivity contribution in [1.82, 2.24) is 0 Å². The second-order valence-electron chi connectivity index (χ2n) is 8.32. The third kappa shape index (κ3) is 3.11. The first-order valence-corrected chi connectivity index (χ1v) is 10.4. The molecule has 0 aliphatic carbocycles. The minimum Gasteiger partial charge on any atom is -0.480 e. The second-order valence-corrected chi connectivity index (χ2v) is 9.19. The predicted octanol–water partition coefficient (Wildman–Crippen LogP) is 7.75. The van der Waals surface area contributed by atoms with Gasteiger partial charge >= 0.3 is 0 Å². The van der Waals surface area contributed by atoms with E-state index in [4.69, 9.17) is 27.9 Å². The largest absolute Gasteiger partial charge is 0.480 e. The molecule has 2 aliphatic heterocycles. The second kappa shape index (κ2) is 6.55. The lowest BCUT2D eigenvalue weighted by atomic mass is 9.80. The van der Waals surface area contributed by atoms with Crippen LogP contribution in [-0.2, 0) is 0 Å². The highest BCUT2D eigenvalue weighted by atomic mass is 35.5. The average molecular weight is 422 g/mol. The SMILES string of the molecule is CC1=CC(C)(C)Nc2ccc3c(c21)[C@@H](c1cccc(Cl)c1)Oc1ccc(Cl)cc1-3. The van der Waals surface area contributed by atoms with Crippen molar-refractivity contribution in [1.29, 1.82) is 0 Å². The van der Waals surface area contributed by atoms with Crippen molar-refractivity contribution in [3.63, 3.8) is 0 Å². The van der Waals surface area contributed by atoms with E-state index >= 15 is 0 Å². The fourth-order valence-corrected chi connectivity index (χ4v) is 4.93. The highest BCUT2D eigenvalue weighted by Gasteiger charge is 2.34. The van der Waals surface area contributed by atoms with Crippen LogP contribution >= 0.6 is 23.2 Å². The van der Waals surface area contributed by atoms with Crippen LogP contribution in [0.1, 0.15) is 43.6 Å². The smallest absolute Gasteiger partial charge is 0.150 e. The molecule has 1 atom stereocenters. The van der Waals surface area contributed by atoms with Gasteiger partial charge in [0.1, 0.15) is 5.75 Å². The lowest BCUT2D eigenvalue weighted by molar-refractivity contribution is 0.243. The summed E-state index contributed by atoms with van der Waals surface area (Å²) in [6.45, 7) is 6.53. The quantitative estimate of drug-likeness (QED) is 0.433. The Labute approximate surface area is 181 Å². The van der Waals surface area contributed by atoms with Crippen LogP contribution < -0.4 is 10.1 Å². The first kappa shape index (κ1) is 18.6. The number of hydrogen-bond acceptors (Lipinski definition) is 2. The topological polar surface area (TPSA) is 21.3 Å². The van der Waals surface area contributed by atoms with Gasteiger partial charge in [0, 0.05) is 32.4 Å². The van der Waals surface area contributed by atoms with Gasteiger partial charge < -0.3 is 10.1 Å². The molecule has 29 heavy (non-hydrogen) atoms. The molecular formula is C25H21Cl2NO. The fraction of sp³-hybridized carbons (Fsp3) is 0.200. The average Bonchev–Trinajstić information content (AvgIpc) is 2.65. The Morgan fingerprint density at radius 1 is 0.931 bits per heavy atom. The van der Waals surface area contributed by atoms with Gasteiger partial charge in [-0.3, -0.25) is 0 Å². The third-order valence-electron chi connectivity index (χ3n) is 5.56. The molecule has 0 saturated carbocycles. The summed E-state index contributed by atoms with van der Waals surface area (Å²) in [6.07, 6.45) is 2.02. The van der Waals surface area contributed by atoms with Crippen LogP contribution in [0.25, 0.3) is 16.7 Å². The molecule has 0 fully saturated rings. The summed E-state index contributed by atoms with van der Waals surface area (Å²) >= 11 is 12.7. The van der Waals surface area contributed by atoms with Gasteiger partial charge in [0.25, 0.3) is 0 Å². The maximum atomic E-state index is 6.55. The minimum atomic E-state index is -0.251. The molecular weight excluding hydrogens is 401 g/mol. The van der Waals surface area contributed by atoms with E-state index in [0.717, 1.165) is 33.7 Å². The zero-order valence-electron chi connectivity index (χ0n) is 16.5. The minimum absolute atomic E-state index is 0.104. The van der Waals surface area contributed by atoms with E-state index in [0.29, 0.717) is 10.0 Å². The van der Waals surface area contributed by atoms with E-state index in [1.807, 2.05) is 36.4 Å². The number of anilines is 1. The van der Waals surface area contributed by atoms with Crippen LogP contribution in [-0.4, -0.2) is 5.54 Å². The van der Waals surface area contributed by atoms with E-state index in [1.165, 1.54) is 11.1 Å². The number of rotatable bonds is 1. The molecule has 0 bridgehead atoms. The van der Waals surface area contributed by atoms with Crippen molar-refractivity contribution in [3.8, 4) is 16.9 Å².